The van der Waals surface area contributed by atoms with Gasteiger partial charge in [0.15, 0.2) is 18.1 Å². The first-order valence-corrected chi connectivity index (χ1v) is 8.76. The summed E-state index contributed by atoms with van der Waals surface area (Å²) in [6.07, 6.45) is 2.95. The Bertz CT molecular complexity index is 896. The minimum Gasteiger partial charge on any atom is -0.493 e. The van der Waals surface area contributed by atoms with Gasteiger partial charge in [0, 0.05) is 18.8 Å². The molecule has 2 aromatic carbocycles. The third-order valence-electron chi connectivity index (χ3n) is 3.79. The number of hydrogen-bond donors (Lipinski definition) is 2. The van der Waals surface area contributed by atoms with E-state index in [1.807, 2.05) is 18.2 Å². The lowest BCUT2D eigenvalue weighted by Gasteiger charge is -2.15. The highest BCUT2D eigenvalue weighted by Gasteiger charge is 2.11. The maximum atomic E-state index is 12.3. The van der Waals surface area contributed by atoms with Crippen molar-refractivity contribution < 1.29 is 23.9 Å². The predicted octanol–water partition coefficient (Wildman–Crippen LogP) is 1.67. The highest BCUT2D eigenvalue weighted by molar-refractivity contribution is 5.97. The molecule has 2 aromatic rings. The van der Waals surface area contributed by atoms with Crippen molar-refractivity contribution in [3.8, 4) is 11.5 Å². The summed E-state index contributed by atoms with van der Waals surface area (Å²) in [5.74, 6) is -0.457. The number of nitrogens with zero attached hydrogens (tertiary/aromatic N) is 1. The van der Waals surface area contributed by atoms with Crippen LogP contribution in [-0.4, -0.2) is 49.9 Å². The van der Waals surface area contributed by atoms with Crippen LogP contribution in [-0.2, 0) is 14.4 Å². The second kappa shape index (κ2) is 10.5. The number of rotatable bonds is 9. The van der Waals surface area contributed by atoms with Crippen LogP contribution in [0.4, 0.5) is 5.69 Å². The summed E-state index contributed by atoms with van der Waals surface area (Å²) in [4.78, 5) is 36.4. The summed E-state index contributed by atoms with van der Waals surface area (Å²) in [5.41, 5.74) is 6.41. The van der Waals surface area contributed by atoms with Gasteiger partial charge in [0.2, 0.25) is 11.8 Å². The number of hydrogen-bond acceptors (Lipinski definition) is 5. The molecule has 0 heterocycles. The summed E-state index contributed by atoms with van der Waals surface area (Å²) in [6, 6.07) is 14.0. The number of nitrogens with two attached hydrogens (primary N) is 1. The van der Waals surface area contributed by atoms with Crippen molar-refractivity contribution in [1.29, 1.82) is 0 Å². The zero-order valence-electron chi connectivity index (χ0n) is 16.3. The van der Waals surface area contributed by atoms with E-state index in [2.05, 4.69) is 5.32 Å². The molecule has 0 aliphatic rings. The molecule has 3 N–H and O–H groups in total. The van der Waals surface area contributed by atoms with Gasteiger partial charge in [-0.3, -0.25) is 14.4 Å². The van der Waals surface area contributed by atoms with E-state index in [1.165, 1.54) is 18.1 Å². The van der Waals surface area contributed by atoms with E-state index < -0.39 is 5.91 Å². The van der Waals surface area contributed by atoms with Gasteiger partial charge < -0.3 is 25.4 Å². The van der Waals surface area contributed by atoms with E-state index in [9.17, 15) is 14.4 Å². The van der Waals surface area contributed by atoms with Gasteiger partial charge in [0.1, 0.15) is 0 Å². The highest BCUT2D eigenvalue weighted by Crippen LogP contribution is 2.28. The first kappa shape index (κ1) is 21.5. The molecular formula is C21H23N3O5. The van der Waals surface area contributed by atoms with Crippen LogP contribution >= 0.6 is 0 Å². The molecule has 29 heavy (non-hydrogen) atoms. The van der Waals surface area contributed by atoms with Crippen molar-refractivity contribution in [1.82, 2.24) is 4.90 Å². The Hall–Kier alpha value is -3.81. The molecule has 8 nitrogen and oxygen atoms in total. The molecule has 0 radical (unpaired) electrons. The lowest BCUT2D eigenvalue weighted by atomic mass is 10.2. The van der Waals surface area contributed by atoms with Crippen molar-refractivity contribution in [2.45, 2.75) is 0 Å². The van der Waals surface area contributed by atoms with Crippen molar-refractivity contribution >= 4 is 29.5 Å². The van der Waals surface area contributed by atoms with Crippen LogP contribution in [0.25, 0.3) is 6.08 Å². The van der Waals surface area contributed by atoms with E-state index in [0.717, 1.165) is 0 Å². The number of carbonyl (C=O) groups excluding carboxylic acids is 3. The molecule has 0 saturated carbocycles. The van der Waals surface area contributed by atoms with Crippen LogP contribution in [0, 0.1) is 0 Å². The number of carbonyl (C=O) groups is 3. The van der Waals surface area contributed by atoms with E-state index in [-0.39, 0.29) is 25.0 Å². The summed E-state index contributed by atoms with van der Waals surface area (Å²) < 4.78 is 10.5. The molecule has 0 aliphatic heterocycles. The monoisotopic (exact) mass is 397 g/mol. The smallest absolute Gasteiger partial charge is 0.255 e. The quantitative estimate of drug-likeness (QED) is 0.625. The summed E-state index contributed by atoms with van der Waals surface area (Å²) >= 11 is 0. The molecule has 0 aliphatic carbocycles. The molecule has 2 rings (SSSR count). The fraction of sp³-hybridized carbons (Fsp3) is 0.190. The molecule has 8 heteroatoms. The average Bonchev–Trinajstić information content (AvgIpc) is 2.71. The van der Waals surface area contributed by atoms with Gasteiger partial charge in [-0.2, -0.15) is 0 Å². The second-order valence-electron chi connectivity index (χ2n) is 6.11. The SMILES string of the molecule is COc1cc(/C=C/C(=O)N(C)CC(=O)Nc2ccccc2)ccc1OCC(N)=O. The minimum atomic E-state index is -0.596. The van der Waals surface area contributed by atoms with E-state index >= 15 is 0 Å². The first-order chi connectivity index (χ1) is 13.9. The van der Waals surface area contributed by atoms with Crippen molar-refractivity contribution in [2.75, 3.05) is 32.6 Å². The molecule has 0 saturated heterocycles. The van der Waals surface area contributed by atoms with Gasteiger partial charge in [-0.25, -0.2) is 0 Å². The fourth-order valence-electron chi connectivity index (χ4n) is 2.37. The Morgan fingerprint density at radius 3 is 2.48 bits per heavy atom. The molecule has 3 amide bonds. The van der Waals surface area contributed by atoms with Crippen LogP contribution in [0.3, 0.4) is 0 Å². The number of ether oxygens (including phenoxy) is 2. The van der Waals surface area contributed by atoms with Gasteiger partial charge >= 0.3 is 0 Å². The number of nitrogens with one attached hydrogen (secondary N) is 1. The lowest BCUT2D eigenvalue weighted by Crippen LogP contribution is -2.33. The zero-order valence-corrected chi connectivity index (χ0v) is 16.3. The standard InChI is InChI=1S/C21H23N3O5/c1-24(13-20(26)23-16-6-4-3-5-7-16)21(27)11-9-15-8-10-17(18(12-15)28-2)29-14-19(22)25/h3-12H,13-14H2,1-2H3,(H2,22,25)(H,23,26)/b11-9+. The Balaban J connectivity index is 1.94. The van der Waals surface area contributed by atoms with Crippen LogP contribution < -0.4 is 20.5 Å². The topological polar surface area (TPSA) is 111 Å². The normalized spacial score (nSPS) is 10.4. The van der Waals surface area contributed by atoms with Crippen molar-refractivity contribution in [3.63, 3.8) is 0 Å². The number of para-hydroxylation sites is 1. The lowest BCUT2D eigenvalue weighted by molar-refractivity contribution is -0.129. The number of amides is 3. The van der Waals surface area contributed by atoms with Gasteiger partial charge in [0.05, 0.1) is 13.7 Å². The molecule has 0 aromatic heterocycles. The van der Waals surface area contributed by atoms with Crippen LogP contribution in [0.15, 0.2) is 54.6 Å². The molecule has 0 bridgehead atoms. The highest BCUT2D eigenvalue weighted by atomic mass is 16.5. The fourth-order valence-corrected chi connectivity index (χ4v) is 2.37. The largest absolute Gasteiger partial charge is 0.493 e. The minimum absolute atomic E-state index is 0.0821. The summed E-state index contributed by atoms with van der Waals surface area (Å²) in [6.45, 7) is -0.346. The summed E-state index contributed by atoms with van der Waals surface area (Å²) in [7, 11) is 3.00. The predicted molar refractivity (Wildman–Crippen MR) is 109 cm³/mol. The van der Waals surface area contributed by atoms with E-state index in [1.54, 1.807) is 43.5 Å². The van der Waals surface area contributed by atoms with Gasteiger partial charge in [-0.15, -0.1) is 0 Å². The molecule has 152 valence electrons. The maximum absolute atomic E-state index is 12.3. The maximum Gasteiger partial charge on any atom is 0.255 e. The molecule has 0 unspecified atom stereocenters. The molecule has 0 fully saturated rings. The Labute approximate surface area is 168 Å². The van der Waals surface area contributed by atoms with Crippen LogP contribution in [0.2, 0.25) is 0 Å². The van der Waals surface area contributed by atoms with Crippen molar-refractivity contribution in [2.24, 2.45) is 5.73 Å². The Morgan fingerprint density at radius 2 is 1.83 bits per heavy atom. The van der Waals surface area contributed by atoms with Crippen LogP contribution in [0.1, 0.15) is 5.56 Å². The van der Waals surface area contributed by atoms with Crippen LogP contribution in [0.5, 0.6) is 11.5 Å². The van der Waals surface area contributed by atoms with Crippen molar-refractivity contribution in [3.05, 3.63) is 60.2 Å². The number of anilines is 1. The Kier molecular flexibility index (Phi) is 7.78. The Morgan fingerprint density at radius 1 is 1.10 bits per heavy atom. The third kappa shape index (κ3) is 7.02. The second-order valence-corrected chi connectivity index (χ2v) is 6.11. The number of primary amides is 1. The zero-order chi connectivity index (χ0) is 21.2. The van der Waals surface area contributed by atoms with Gasteiger partial charge in [0.25, 0.3) is 5.91 Å². The van der Waals surface area contributed by atoms with Gasteiger partial charge in [-0.05, 0) is 35.9 Å². The number of methoxy groups -OCH3 is 1. The van der Waals surface area contributed by atoms with E-state index in [0.29, 0.717) is 22.7 Å². The first-order valence-electron chi connectivity index (χ1n) is 8.76. The number of likely N-dealkylation sites (N-methyl/N-ethyl adjacent to an activating group) is 1. The van der Waals surface area contributed by atoms with E-state index in [4.69, 9.17) is 15.2 Å². The third-order valence-corrected chi connectivity index (χ3v) is 3.79. The summed E-state index contributed by atoms with van der Waals surface area (Å²) in [5, 5.41) is 2.72. The molecule has 0 atom stereocenters. The molecule has 0 spiro atoms. The number of benzene rings is 2. The van der Waals surface area contributed by atoms with Gasteiger partial charge in [-0.1, -0.05) is 24.3 Å². The average molecular weight is 397 g/mol. The molecular weight excluding hydrogens is 374 g/mol.